The van der Waals surface area contributed by atoms with Gasteiger partial charge in [-0.05, 0) is 78.0 Å². The molecule has 1 fully saturated rings. The Bertz CT molecular complexity index is 941. The lowest BCUT2D eigenvalue weighted by Gasteiger charge is -2.48. The zero-order chi connectivity index (χ0) is 26.3. The van der Waals surface area contributed by atoms with Gasteiger partial charge >= 0.3 is 0 Å². The lowest BCUT2D eigenvalue weighted by molar-refractivity contribution is -0.139. The fourth-order valence-corrected chi connectivity index (χ4v) is 5.90. The minimum Gasteiger partial charge on any atom is -0.497 e. The van der Waals surface area contributed by atoms with Crippen molar-refractivity contribution in [1.82, 2.24) is 4.90 Å². The van der Waals surface area contributed by atoms with Crippen LogP contribution < -0.4 is 4.74 Å². The summed E-state index contributed by atoms with van der Waals surface area (Å²) >= 11 is 0. The first-order chi connectivity index (χ1) is 17.1. The third kappa shape index (κ3) is 6.93. The van der Waals surface area contributed by atoms with Gasteiger partial charge in [-0.2, -0.15) is 0 Å². The van der Waals surface area contributed by atoms with E-state index in [0.29, 0.717) is 12.5 Å². The molecule has 2 unspecified atom stereocenters. The molecule has 0 aromatic heterocycles. The van der Waals surface area contributed by atoms with Crippen LogP contribution in [0.15, 0.2) is 54.6 Å². The number of amides is 1. The van der Waals surface area contributed by atoms with Crippen molar-refractivity contribution in [1.29, 1.82) is 0 Å². The monoisotopic (exact) mass is 491 g/mol. The lowest BCUT2D eigenvalue weighted by atomic mass is 9.59. The van der Waals surface area contributed by atoms with Gasteiger partial charge in [-0.15, -0.1) is 0 Å². The van der Waals surface area contributed by atoms with Gasteiger partial charge in [0.25, 0.3) is 0 Å². The van der Waals surface area contributed by atoms with E-state index in [1.807, 2.05) is 12.1 Å². The van der Waals surface area contributed by atoms with E-state index in [1.165, 1.54) is 31.2 Å². The SMILES string of the molecule is CCC(C)C[C@]1(c2ccccc2)CC[C@@](C)(CN(Cc2ccc(OC)cc2)C(=O)C(C)C(C)C)CC1. The Balaban J connectivity index is 1.81. The van der Waals surface area contributed by atoms with Crippen LogP contribution in [0.1, 0.15) is 91.2 Å². The van der Waals surface area contributed by atoms with Gasteiger partial charge in [-0.25, -0.2) is 0 Å². The first-order valence-electron chi connectivity index (χ1n) is 14.1. The van der Waals surface area contributed by atoms with Crippen molar-refractivity contribution in [3.63, 3.8) is 0 Å². The average Bonchev–Trinajstić information content (AvgIpc) is 2.89. The smallest absolute Gasteiger partial charge is 0.225 e. The third-order valence-electron chi connectivity index (χ3n) is 9.04. The van der Waals surface area contributed by atoms with Crippen LogP contribution in [0, 0.1) is 23.2 Å². The number of benzene rings is 2. The number of hydrogen-bond acceptors (Lipinski definition) is 2. The third-order valence-corrected chi connectivity index (χ3v) is 9.04. The molecule has 36 heavy (non-hydrogen) atoms. The molecule has 1 saturated carbocycles. The minimum atomic E-state index is 0.0178. The van der Waals surface area contributed by atoms with Gasteiger partial charge < -0.3 is 9.64 Å². The predicted molar refractivity (Wildman–Crippen MR) is 151 cm³/mol. The van der Waals surface area contributed by atoms with E-state index in [9.17, 15) is 4.79 Å². The maximum absolute atomic E-state index is 13.7. The molecule has 1 aliphatic carbocycles. The van der Waals surface area contributed by atoms with Gasteiger partial charge in [0.15, 0.2) is 0 Å². The minimum absolute atomic E-state index is 0.0178. The maximum atomic E-state index is 13.7. The quantitative estimate of drug-likeness (QED) is 0.316. The highest BCUT2D eigenvalue weighted by molar-refractivity contribution is 5.78. The van der Waals surface area contributed by atoms with Crippen molar-refractivity contribution in [3.05, 3.63) is 65.7 Å². The summed E-state index contributed by atoms with van der Waals surface area (Å²) in [5, 5.41) is 0. The molecule has 198 valence electrons. The molecule has 0 aliphatic heterocycles. The Labute approximate surface area is 220 Å². The molecular weight excluding hydrogens is 442 g/mol. The van der Waals surface area contributed by atoms with E-state index in [1.54, 1.807) is 7.11 Å². The van der Waals surface area contributed by atoms with Gasteiger partial charge in [0.2, 0.25) is 5.91 Å². The number of nitrogens with zero attached hydrogens (tertiary/aromatic N) is 1. The van der Waals surface area contributed by atoms with Gasteiger partial charge in [-0.1, -0.05) is 90.4 Å². The fourth-order valence-electron chi connectivity index (χ4n) is 5.90. The van der Waals surface area contributed by atoms with Crippen LogP contribution in [0.25, 0.3) is 0 Å². The molecule has 1 amide bonds. The lowest BCUT2D eigenvalue weighted by Crippen LogP contribution is -2.46. The summed E-state index contributed by atoms with van der Waals surface area (Å²) < 4.78 is 5.34. The van der Waals surface area contributed by atoms with Crippen LogP contribution in [-0.2, 0) is 16.8 Å². The molecule has 0 N–H and O–H groups in total. The molecular formula is C33H49NO2. The summed E-state index contributed by atoms with van der Waals surface area (Å²) in [5.41, 5.74) is 3.06. The number of carbonyl (C=O) groups is 1. The Morgan fingerprint density at radius 3 is 2.08 bits per heavy atom. The molecule has 0 spiro atoms. The van der Waals surface area contributed by atoms with Crippen LogP contribution in [0.3, 0.4) is 0 Å². The Hall–Kier alpha value is -2.29. The molecule has 2 aromatic rings. The van der Waals surface area contributed by atoms with Crippen molar-refractivity contribution in [3.8, 4) is 5.75 Å². The van der Waals surface area contributed by atoms with Crippen molar-refractivity contribution >= 4 is 5.91 Å². The molecule has 2 atom stereocenters. The molecule has 0 radical (unpaired) electrons. The highest BCUT2D eigenvalue weighted by atomic mass is 16.5. The van der Waals surface area contributed by atoms with E-state index >= 15 is 0 Å². The summed E-state index contributed by atoms with van der Waals surface area (Å²) in [6, 6.07) is 19.4. The van der Waals surface area contributed by atoms with Gasteiger partial charge in [-0.3, -0.25) is 4.79 Å². The summed E-state index contributed by atoms with van der Waals surface area (Å²) in [4.78, 5) is 15.8. The summed E-state index contributed by atoms with van der Waals surface area (Å²) in [7, 11) is 1.69. The number of hydrogen-bond donors (Lipinski definition) is 0. The summed E-state index contributed by atoms with van der Waals surface area (Å²) in [6.45, 7) is 15.0. The Morgan fingerprint density at radius 2 is 1.56 bits per heavy atom. The molecule has 2 aromatic carbocycles. The molecule has 0 bridgehead atoms. The average molecular weight is 492 g/mol. The number of ether oxygens (including phenoxy) is 1. The highest BCUT2D eigenvalue weighted by Gasteiger charge is 2.43. The van der Waals surface area contributed by atoms with E-state index in [2.05, 4.69) is 88.9 Å². The van der Waals surface area contributed by atoms with Crippen LogP contribution in [-0.4, -0.2) is 24.5 Å². The number of carbonyl (C=O) groups excluding carboxylic acids is 1. The van der Waals surface area contributed by atoms with E-state index in [0.717, 1.165) is 36.6 Å². The second-order valence-electron chi connectivity index (χ2n) is 12.2. The van der Waals surface area contributed by atoms with Crippen molar-refractivity contribution in [2.24, 2.45) is 23.2 Å². The zero-order valence-electron chi connectivity index (χ0n) is 23.8. The van der Waals surface area contributed by atoms with Crippen molar-refractivity contribution in [2.45, 2.75) is 92.0 Å². The van der Waals surface area contributed by atoms with Crippen LogP contribution >= 0.6 is 0 Å². The molecule has 3 heteroatoms. The summed E-state index contributed by atoms with van der Waals surface area (Å²) in [5.74, 6) is 2.20. The van der Waals surface area contributed by atoms with Crippen LogP contribution in [0.5, 0.6) is 5.75 Å². The first-order valence-corrected chi connectivity index (χ1v) is 14.1. The van der Waals surface area contributed by atoms with Crippen molar-refractivity contribution < 1.29 is 9.53 Å². The standard InChI is InChI=1S/C33H49NO2/c1-8-26(4)22-33(29-12-10-9-11-13-29)20-18-32(6,19-21-33)24-34(31(35)27(5)25(2)3)23-28-14-16-30(36-7)17-15-28/h9-17,25-27H,8,18-24H2,1-7H3/t26?,27?,32-,33+. The second kappa shape index (κ2) is 12.3. The zero-order valence-corrected chi connectivity index (χ0v) is 23.8. The van der Waals surface area contributed by atoms with Crippen LogP contribution in [0.2, 0.25) is 0 Å². The van der Waals surface area contributed by atoms with Gasteiger partial charge in [0, 0.05) is 19.0 Å². The summed E-state index contributed by atoms with van der Waals surface area (Å²) in [6.07, 6.45) is 7.18. The normalized spacial score (nSPS) is 23.8. The molecule has 1 aliphatic rings. The largest absolute Gasteiger partial charge is 0.497 e. The van der Waals surface area contributed by atoms with E-state index < -0.39 is 0 Å². The maximum Gasteiger partial charge on any atom is 0.225 e. The molecule has 3 nitrogen and oxygen atoms in total. The van der Waals surface area contributed by atoms with E-state index in [-0.39, 0.29) is 22.7 Å². The Kier molecular flexibility index (Phi) is 9.66. The van der Waals surface area contributed by atoms with Gasteiger partial charge in [0.1, 0.15) is 5.75 Å². The second-order valence-corrected chi connectivity index (χ2v) is 12.2. The molecule has 0 heterocycles. The molecule has 0 saturated heterocycles. The van der Waals surface area contributed by atoms with Crippen molar-refractivity contribution in [2.75, 3.05) is 13.7 Å². The first kappa shape index (κ1) is 28.3. The topological polar surface area (TPSA) is 29.5 Å². The van der Waals surface area contributed by atoms with Crippen LogP contribution in [0.4, 0.5) is 0 Å². The number of rotatable bonds is 11. The molecule has 3 rings (SSSR count). The fraction of sp³-hybridized carbons (Fsp3) is 0.606. The van der Waals surface area contributed by atoms with Gasteiger partial charge in [0.05, 0.1) is 7.11 Å². The Morgan fingerprint density at radius 1 is 0.944 bits per heavy atom. The van der Waals surface area contributed by atoms with E-state index in [4.69, 9.17) is 4.74 Å². The predicted octanol–water partition coefficient (Wildman–Crippen LogP) is 8.27. The highest BCUT2D eigenvalue weighted by Crippen LogP contribution is 2.50. The number of methoxy groups -OCH3 is 1.